The zero-order valence-electron chi connectivity index (χ0n) is 15.2. The van der Waals surface area contributed by atoms with E-state index >= 15 is 0 Å². The van der Waals surface area contributed by atoms with Gasteiger partial charge < -0.3 is 4.57 Å². The van der Waals surface area contributed by atoms with Crippen molar-refractivity contribution in [2.24, 2.45) is 5.92 Å². The summed E-state index contributed by atoms with van der Waals surface area (Å²) in [5.74, 6) is -2.83. The van der Waals surface area contributed by atoms with Gasteiger partial charge in [0.15, 0.2) is 5.69 Å². The van der Waals surface area contributed by atoms with E-state index in [1.165, 1.54) is 6.07 Å². The monoisotopic (exact) mass is 469 g/mol. The standard InChI is InChI=1S/C17H16Cl2F3N3O3S/c1-3-9-5-4-8(2)12(6-9)29(27,28)24-15(26)13-14(18)25(16(19)23-13)11-7-10(11)17(20,21)22/h4-6,10-11H,3,7H2,1-2H3,(H,24,26). The van der Waals surface area contributed by atoms with Crippen molar-refractivity contribution in [1.29, 1.82) is 0 Å². The lowest BCUT2D eigenvalue weighted by Gasteiger charge is -2.10. The highest BCUT2D eigenvalue weighted by atomic mass is 35.5. The molecule has 29 heavy (non-hydrogen) atoms. The number of rotatable bonds is 5. The van der Waals surface area contributed by atoms with Crippen LogP contribution in [0, 0.1) is 12.8 Å². The normalized spacial score (nSPS) is 19.3. The molecular formula is C17H16Cl2F3N3O3S. The van der Waals surface area contributed by atoms with Crippen molar-refractivity contribution < 1.29 is 26.4 Å². The summed E-state index contributed by atoms with van der Waals surface area (Å²) in [6, 6.07) is 3.74. The molecule has 2 atom stereocenters. The Bertz CT molecular complexity index is 1080. The number of hydrogen-bond donors (Lipinski definition) is 1. The first-order valence-electron chi connectivity index (χ1n) is 8.53. The third-order valence-electron chi connectivity index (χ3n) is 4.71. The van der Waals surface area contributed by atoms with Crippen molar-refractivity contribution in [2.45, 2.75) is 43.8 Å². The molecule has 0 bridgehead atoms. The second-order valence-corrected chi connectivity index (χ2v) is 9.08. The van der Waals surface area contributed by atoms with Gasteiger partial charge in [0.1, 0.15) is 5.15 Å². The SMILES string of the molecule is CCc1ccc(C)c(S(=O)(=O)NC(=O)c2nc(Cl)n(C3CC3C(F)(F)F)c2Cl)c1. The van der Waals surface area contributed by atoms with Crippen LogP contribution in [0.3, 0.4) is 0 Å². The second-order valence-electron chi connectivity index (χ2n) is 6.73. The van der Waals surface area contributed by atoms with Crippen LogP contribution in [-0.2, 0) is 16.4 Å². The summed E-state index contributed by atoms with van der Waals surface area (Å²) in [5, 5.41) is -0.864. The van der Waals surface area contributed by atoms with Gasteiger partial charge in [-0.1, -0.05) is 30.7 Å². The smallest absolute Gasteiger partial charge is 0.301 e. The lowest BCUT2D eigenvalue weighted by atomic mass is 10.1. The highest BCUT2D eigenvalue weighted by Crippen LogP contribution is 2.55. The van der Waals surface area contributed by atoms with Crippen LogP contribution >= 0.6 is 23.2 Å². The number of sulfonamides is 1. The minimum Gasteiger partial charge on any atom is -0.301 e. The Morgan fingerprint density at radius 1 is 1.34 bits per heavy atom. The maximum atomic E-state index is 12.8. The Labute approximate surface area is 175 Å². The zero-order valence-corrected chi connectivity index (χ0v) is 17.5. The topological polar surface area (TPSA) is 81.1 Å². The quantitative estimate of drug-likeness (QED) is 0.707. The molecule has 158 valence electrons. The van der Waals surface area contributed by atoms with Crippen LogP contribution < -0.4 is 4.72 Å². The summed E-state index contributed by atoms with van der Waals surface area (Å²) in [5.41, 5.74) is 0.612. The molecule has 1 aliphatic rings. The highest BCUT2D eigenvalue weighted by Gasteiger charge is 2.58. The van der Waals surface area contributed by atoms with Crippen molar-refractivity contribution in [1.82, 2.24) is 14.3 Å². The van der Waals surface area contributed by atoms with E-state index in [9.17, 15) is 26.4 Å². The molecule has 1 amide bonds. The van der Waals surface area contributed by atoms with E-state index in [-0.39, 0.29) is 11.3 Å². The molecule has 6 nitrogen and oxygen atoms in total. The lowest BCUT2D eigenvalue weighted by Crippen LogP contribution is -2.31. The molecule has 0 radical (unpaired) electrons. The third-order valence-corrected chi connectivity index (χ3v) is 6.81. The van der Waals surface area contributed by atoms with Gasteiger partial charge in [-0.15, -0.1) is 0 Å². The fourth-order valence-electron chi connectivity index (χ4n) is 3.01. The largest absolute Gasteiger partial charge is 0.393 e. The molecule has 0 aliphatic heterocycles. The number of benzene rings is 1. The summed E-state index contributed by atoms with van der Waals surface area (Å²) in [6.07, 6.45) is -4.10. The number of halogens is 5. The molecule has 3 rings (SSSR count). The zero-order chi connectivity index (χ0) is 21.7. The first kappa shape index (κ1) is 21.9. The predicted molar refractivity (Wildman–Crippen MR) is 101 cm³/mol. The molecule has 1 saturated carbocycles. The molecule has 12 heteroatoms. The molecule has 0 saturated heterocycles. The van der Waals surface area contributed by atoms with Gasteiger partial charge in [-0.2, -0.15) is 13.2 Å². The van der Waals surface area contributed by atoms with E-state index in [0.717, 1.165) is 10.1 Å². The van der Waals surface area contributed by atoms with Crippen LogP contribution in [0.5, 0.6) is 0 Å². The fourth-order valence-corrected chi connectivity index (χ4v) is 4.93. The van der Waals surface area contributed by atoms with E-state index in [0.29, 0.717) is 12.0 Å². The Balaban J connectivity index is 1.88. The summed E-state index contributed by atoms with van der Waals surface area (Å²) in [7, 11) is -4.26. The summed E-state index contributed by atoms with van der Waals surface area (Å²) in [4.78, 5) is 16.1. The van der Waals surface area contributed by atoms with Gasteiger partial charge in [-0.3, -0.25) is 4.79 Å². The maximum absolute atomic E-state index is 12.8. The molecule has 2 unspecified atom stereocenters. The van der Waals surface area contributed by atoms with Crippen LogP contribution in [0.4, 0.5) is 13.2 Å². The molecule has 1 aromatic carbocycles. The number of hydrogen-bond acceptors (Lipinski definition) is 4. The Hall–Kier alpha value is -1.78. The van der Waals surface area contributed by atoms with Gasteiger partial charge >= 0.3 is 6.18 Å². The number of aryl methyl sites for hydroxylation is 2. The maximum Gasteiger partial charge on any atom is 0.393 e. The van der Waals surface area contributed by atoms with Crippen molar-refractivity contribution in [3.05, 3.63) is 45.5 Å². The molecule has 0 spiro atoms. The number of carbonyl (C=O) groups is 1. The van der Waals surface area contributed by atoms with E-state index in [2.05, 4.69) is 4.98 Å². The number of alkyl halides is 3. The average molecular weight is 470 g/mol. The minimum atomic E-state index is -4.44. The molecular weight excluding hydrogens is 454 g/mol. The van der Waals surface area contributed by atoms with Gasteiger partial charge in [0.05, 0.1) is 10.8 Å². The molecule has 1 N–H and O–H groups in total. The van der Waals surface area contributed by atoms with Crippen molar-refractivity contribution in [2.75, 3.05) is 0 Å². The van der Waals surface area contributed by atoms with Gasteiger partial charge in [-0.25, -0.2) is 18.1 Å². The number of carbonyl (C=O) groups excluding carboxylic acids is 1. The van der Waals surface area contributed by atoms with Gasteiger partial charge in [-0.05, 0) is 48.6 Å². The van der Waals surface area contributed by atoms with Gasteiger partial charge in [0.25, 0.3) is 15.9 Å². The predicted octanol–water partition coefficient (Wildman–Crippen LogP) is 4.30. The molecule has 1 heterocycles. The lowest BCUT2D eigenvalue weighted by molar-refractivity contribution is -0.150. The van der Waals surface area contributed by atoms with Crippen molar-refractivity contribution in [3.8, 4) is 0 Å². The van der Waals surface area contributed by atoms with E-state index in [1.807, 2.05) is 11.6 Å². The van der Waals surface area contributed by atoms with Crippen molar-refractivity contribution in [3.63, 3.8) is 0 Å². The van der Waals surface area contributed by atoms with Gasteiger partial charge in [0.2, 0.25) is 5.28 Å². The first-order valence-corrected chi connectivity index (χ1v) is 10.8. The Morgan fingerprint density at radius 2 is 2.00 bits per heavy atom. The Morgan fingerprint density at radius 3 is 2.55 bits per heavy atom. The minimum absolute atomic E-state index is 0.0915. The summed E-state index contributed by atoms with van der Waals surface area (Å²) in [6.45, 7) is 3.42. The molecule has 1 aromatic heterocycles. The van der Waals surface area contributed by atoms with Crippen LogP contribution in [-0.4, -0.2) is 30.1 Å². The second kappa shape index (κ2) is 7.48. The van der Waals surface area contributed by atoms with Crippen LogP contribution in [0.15, 0.2) is 23.1 Å². The number of amides is 1. The first-order chi connectivity index (χ1) is 13.4. The van der Waals surface area contributed by atoms with E-state index < -0.39 is 50.2 Å². The van der Waals surface area contributed by atoms with E-state index in [4.69, 9.17) is 23.2 Å². The van der Waals surface area contributed by atoms with E-state index in [1.54, 1.807) is 19.1 Å². The number of imidazole rings is 1. The van der Waals surface area contributed by atoms with Crippen LogP contribution in [0.25, 0.3) is 0 Å². The molecule has 2 aromatic rings. The number of nitrogens with zero attached hydrogens (tertiary/aromatic N) is 2. The van der Waals surface area contributed by atoms with Crippen LogP contribution in [0.2, 0.25) is 10.4 Å². The Kier molecular flexibility index (Phi) is 5.65. The highest BCUT2D eigenvalue weighted by molar-refractivity contribution is 7.90. The number of nitrogens with one attached hydrogen (secondary N) is 1. The fraction of sp³-hybridized carbons (Fsp3) is 0.412. The molecule has 1 aliphatic carbocycles. The average Bonchev–Trinajstić information content (AvgIpc) is 3.34. The van der Waals surface area contributed by atoms with Gasteiger partial charge in [0, 0.05) is 6.04 Å². The molecule has 1 fully saturated rings. The van der Waals surface area contributed by atoms with Crippen LogP contribution in [0.1, 0.15) is 41.0 Å². The van der Waals surface area contributed by atoms with Crippen molar-refractivity contribution >= 4 is 39.1 Å². The summed E-state index contributed by atoms with van der Waals surface area (Å²) < 4.78 is 66.6. The third kappa shape index (κ3) is 4.24. The number of aromatic nitrogens is 2. The summed E-state index contributed by atoms with van der Waals surface area (Å²) >= 11 is 11.9.